The Kier molecular flexibility index (Phi) is 2.57. The number of amides is 1. The van der Waals surface area contributed by atoms with Gasteiger partial charge in [0.1, 0.15) is 5.82 Å². The molecule has 3 aromatic rings. The number of hydrogen-bond acceptors (Lipinski definition) is 3. The highest BCUT2D eigenvalue weighted by Crippen LogP contribution is 2.60. The maximum atomic E-state index is 14.5. The van der Waals surface area contributed by atoms with E-state index in [1.807, 2.05) is 6.07 Å². The second-order valence-electron chi connectivity index (χ2n) is 5.67. The fourth-order valence-corrected chi connectivity index (χ4v) is 3.26. The number of nitrogens with two attached hydrogens (primary N) is 1. The van der Waals surface area contributed by atoms with Crippen LogP contribution in [0.3, 0.4) is 0 Å². The normalized spacial score (nSPS) is 23.6. The predicted molar refractivity (Wildman–Crippen MR) is 78.5 cm³/mol. The third-order valence-electron chi connectivity index (χ3n) is 4.50. The smallest absolute Gasteiger partial charge is 0.228 e. The Balaban J connectivity index is 1.86. The molecule has 3 N–H and O–H groups in total. The van der Waals surface area contributed by atoms with Crippen LogP contribution in [0.15, 0.2) is 42.9 Å². The molecule has 2 heterocycles. The molecule has 1 fully saturated rings. The Morgan fingerprint density at radius 1 is 1.41 bits per heavy atom. The molecule has 0 aliphatic heterocycles. The van der Waals surface area contributed by atoms with Crippen molar-refractivity contribution in [1.29, 1.82) is 0 Å². The van der Waals surface area contributed by atoms with Crippen molar-refractivity contribution >= 4 is 16.8 Å². The number of aromatic amines is 1. The van der Waals surface area contributed by atoms with E-state index in [1.54, 1.807) is 30.7 Å². The second kappa shape index (κ2) is 4.37. The highest BCUT2D eigenvalue weighted by molar-refractivity contribution is 5.94. The van der Waals surface area contributed by atoms with Crippen LogP contribution in [0.2, 0.25) is 0 Å². The van der Waals surface area contributed by atoms with E-state index in [-0.39, 0.29) is 5.92 Å². The van der Waals surface area contributed by atoms with E-state index < -0.39 is 17.1 Å². The molecule has 0 bridgehead atoms. The van der Waals surface area contributed by atoms with E-state index in [9.17, 15) is 9.18 Å². The van der Waals surface area contributed by atoms with Crippen molar-refractivity contribution in [1.82, 2.24) is 15.2 Å². The first kappa shape index (κ1) is 12.9. The van der Waals surface area contributed by atoms with Gasteiger partial charge in [-0.2, -0.15) is 5.10 Å². The second-order valence-corrected chi connectivity index (χ2v) is 5.67. The van der Waals surface area contributed by atoms with Crippen molar-refractivity contribution in [2.45, 2.75) is 17.8 Å². The minimum Gasteiger partial charge on any atom is -0.369 e. The van der Waals surface area contributed by atoms with E-state index in [4.69, 9.17) is 5.73 Å². The fraction of sp³-hybridized carbons (Fsp3) is 0.188. The summed E-state index contributed by atoms with van der Waals surface area (Å²) in [5.74, 6) is -1.09. The number of hydrogen-bond donors (Lipinski definition) is 2. The Morgan fingerprint density at radius 2 is 2.27 bits per heavy atom. The maximum absolute atomic E-state index is 14.5. The Hall–Kier alpha value is -2.76. The number of pyridine rings is 1. The molecule has 22 heavy (non-hydrogen) atoms. The van der Waals surface area contributed by atoms with Gasteiger partial charge in [0.15, 0.2) is 0 Å². The number of nitrogens with one attached hydrogen (secondary N) is 1. The zero-order chi connectivity index (χ0) is 15.3. The highest BCUT2D eigenvalue weighted by atomic mass is 19.1. The maximum Gasteiger partial charge on any atom is 0.228 e. The summed E-state index contributed by atoms with van der Waals surface area (Å²) in [5, 5.41) is 7.36. The molecular formula is C16H13FN4O. The number of carbonyl (C=O) groups is 1. The number of fused-ring (bicyclic) bond motifs is 1. The summed E-state index contributed by atoms with van der Waals surface area (Å²) >= 11 is 0. The van der Waals surface area contributed by atoms with Gasteiger partial charge in [-0.05, 0) is 30.2 Å². The lowest BCUT2D eigenvalue weighted by Crippen LogP contribution is -2.31. The van der Waals surface area contributed by atoms with Gasteiger partial charge < -0.3 is 5.73 Å². The summed E-state index contributed by atoms with van der Waals surface area (Å²) in [7, 11) is 0. The average molecular weight is 296 g/mol. The fourth-order valence-electron chi connectivity index (χ4n) is 3.26. The minimum absolute atomic E-state index is 0.141. The Morgan fingerprint density at radius 3 is 3.00 bits per heavy atom. The topological polar surface area (TPSA) is 84.7 Å². The number of halogens is 1. The number of nitrogens with zero attached hydrogens (tertiary/aromatic N) is 2. The molecule has 5 nitrogen and oxygen atoms in total. The lowest BCUT2D eigenvalue weighted by atomic mass is 9.89. The SMILES string of the molecule is NC(=O)C1(c2cc3cn[nH]c3cc2F)CC1c1cccnc1. The van der Waals surface area contributed by atoms with Crippen LogP contribution >= 0.6 is 0 Å². The van der Waals surface area contributed by atoms with Crippen LogP contribution in [0.4, 0.5) is 4.39 Å². The molecule has 6 heteroatoms. The van der Waals surface area contributed by atoms with Gasteiger partial charge in [0, 0.05) is 29.3 Å². The first-order chi connectivity index (χ1) is 10.6. The summed E-state index contributed by atoms with van der Waals surface area (Å²) in [5.41, 5.74) is 6.46. The molecule has 4 rings (SSSR count). The molecule has 1 aliphatic carbocycles. The van der Waals surface area contributed by atoms with Crippen molar-refractivity contribution in [3.05, 3.63) is 59.8 Å². The summed E-state index contributed by atoms with van der Waals surface area (Å²) in [6, 6.07) is 6.71. The van der Waals surface area contributed by atoms with Gasteiger partial charge >= 0.3 is 0 Å². The van der Waals surface area contributed by atoms with Crippen molar-refractivity contribution in [3.8, 4) is 0 Å². The molecule has 1 amide bonds. The van der Waals surface area contributed by atoms with Crippen LogP contribution in [-0.4, -0.2) is 21.1 Å². The Bertz CT molecular complexity index is 876. The Labute approximate surface area is 125 Å². The molecule has 2 unspecified atom stereocenters. The lowest BCUT2D eigenvalue weighted by molar-refractivity contribution is -0.120. The zero-order valence-electron chi connectivity index (χ0n) is 11.6. The molecular weight excluding hydrogens is 283 g/mol. The molecule has 1 aromatic carbocycles. The molecule has 2 atom stereocenters. The van der Waals surface area contributed by atoms with Gasteiger partial charge in [-0.3, -0.25) is 14.9 Å². The predicted octanol–water partition coefficient (Wildman–Crippen LogP) is 2.01. The average Bonchev–Trinajstić information content (AvgIpc) is 3.12. The summed E-state index contributed by atoms with van der Waals surface area (Å²) in [4.78, 5) is 16.2. The van der Waals surface area contributed by atoms with E-state index >= 15 is 0 Å². The lowest BCUT2D eigenvalue weighted by Gasteiger charge is -2.15. The van der Waals surface area contributed by atoms with Crippen molar-refractivity contribution < 1.29 is 9.18 Å². The molecule has 2 aromatic heterocycles. The number of primary amides is 1. The van der Waals surface area contributed by atoms with Gasteiger partial charge in [-0.1, -0.05) is 6.07 Å². The van der Waals surface area contributed by atoms with Crippen LogP contribution in [0, 0.1) is 5.82 Å². The van der Waals surface area contributed by atoms with Crippen LogP contribution < -0.4 is 5.73 Å². The molecule has 110 valence electrons. The third-order valence-corrected chi connectivity index (χ3v) is 4.50. The highest BCUT2D eigenvalue weighted by Gasteiger charge is 2.62. The summed E-state index contributed by atoms with van der Waals surface area (Å²) in [6.45, 7) is 0. The molecule has 0 spiro atoms. The van der Waals surface area contributed by atoms with Crippen LogP contribution in [-0.2, 0) is 10.2 Å². The van der Waals surface area contributed by atoms with Crippen LogP contribution in [0.1, 0.15) is 23.5 Å². The first-order valence-electron chi connectivity index (χ1n) is 6.96. The molecule has 0 radical (unpaired) electrons. The van der Waals surface area contributed by atoms with Gasteiger partial charge in [-0.15, -0.1) is 0 Å². The summed E-state index contributed by atoms with van der Waals surface area (Å²) in [6.07, 6.45) is 5.46. The van der Waals surface area contributed by atoms with E-state index in [0.29, 0.717) is 17.5 Å². The molecule has 1 saturated carbocycles. The number of benzene rings is 1. The van der Waals surface area contributed by atoms with Gasteiger partial charge in [0.25, 0.3) is 0 Å². The minimum atomic E-state index is -1.00. The quantitative estimate of drug-likeness (QED) is 0.775. The van der Waals surface area contributed by atoms with E-state index in [1.165, 1.54) is 6.07 Å². The van der Waals surface area contributed by atoms with Crippen LogP contribution in [0.5, 0.6) is 0 Å². The van der Waals surface area contributed by atoms with E-state index in [0.717, 1.165) is 10.9 Å². The van der Waals surface area contributed by atoms with Crippen molar-refractivity contribution in [2.75, 3.05) is 0 Å². The number of rotatable bonds is 3. The zero-order valence-corrected chi connectivity index (χ0v) is 11.6. The van der Waals surface area contributed by atoms with Gasteiger partial charge in [0.05, 0.1) is 17.1 Å². The van der Waals surface area contributed by atoms with Crippen molar-refractivity contribution in [2.24, 2.45) is 5.73 Å². The standard InChI is InChI=1S/C16H13FN4O/c17-13-5-14-10(8-20-21-14)4-11(13)16(15(18)22)6-12(16)9-2-1-3-19-7-9/h1-5,7-8,12H,6H2,(H2,18,22)(H,20,21). The van der Waals surface area contributed by atoms with Crippen molar-refractivity contribution in [3.63, 3.8) is 0 Å². The number of carbonyl (C=O) groups excluding carboxylic acids is 1. The molecule has 0 saturated heterocycles. The first-order valence-corrected chi connectivity index (χ1v) is 6.96. The van der Waals surface area contributed by atoms with Crippen LogP contribution in [0.25, 0.3) is 10.9 Å². The van der Waals surface area contributed by atoms with E-state index in [2.05, 4.69) is 15.2 Å². The number of aromatic nitrogens is 3. The monoisotopic (exact) mass is 296 g/mol. The third kappa shape index (κ3) is 1.67. The summed E-state index contributed by atoms with van der Waals surface area (Å²) < 4.78 is 14.5. The molecule has 1 aliphatic rings. The largest absolute Gasteiger partial charge is 0.369 e. The number of H-pyrrole nitrogens is 1. The van der Waals surface area contributed by atoms with Gasteiger partial charge in [0.2, 0.25) is 5.91 Å². The van der Waals surface area contributed by atoms with Gasteiger partial charge in [-0.25, -0.2) is 4.39 Å².